The van der Waals surface area contributed by atoms with Crippen molar-refractivity contribution >= 4 is 26.8 Å². The average molecular weight is 291 g/mol. The fraction of sp³-hybridized carbons (Fsp3) is 0.357. The van der Waals surface area contributed by atoms with Gasteiger partial charge in [-0.3, -0.25) is 0 Å². The number of rotatable bonds is 3. The maximum absolute atomic E-state index is 9.01. The molecule has 0 unspecified atom stereocenters. The van der Waals surface area contributed by atoms with E-state index in [9.17, 15) is 0 Å². The standard InChI is InChI=1S/C14H15BrN2/c1-14(2,10-16)6-8-17-7-5-11-3-4-12(15)9-13(11)17/h3-5,7,9H,6,8H2,1-2H3. The molecule has 0 aliphatic heterocycles. The van der Waals surface area contributed by atoms with Gasteiger partial charge in [-0.25, -0.2) is 0 Å². The minimum atomic E-state index is -0.261. The molecule has 0 radical (unpaired) electrons. The van der Waals surface area contributed by atoms with Crippen LogP contribution in [0.4, 0.5) is 0 Å². The van der Waals surface area contributed by atoms with Crippen LogP contribution in [0.15, 0.2) is 34.9 Å². The van der Waals surface area contributed by atoms with Gasteiger partial charge in [0.25, 0.3) is 0 Å². The lowest BCUT2D eigenvalue weighted by Crippen LogP contribution is -2.11. The summed E-state index contributed by atoms with van der Waals surface area (Å²) in [5.74, 6) is 0. The van der Waals surface area contributed by atoms with Crippen LogP contribution < -0.4 is 0 Å². The fourth-order valence-corrected chi connectivity index (χ4v) is 2.16. The van der Waals surface area contributed by atoms with Crippen molar-refractivity contribution in [3.63, 3.8) is 0 Å². The van der Waals surface area contributed by atoms with E-state index in [1.165, 1.54) is 10.9 Å². The van der Waals surface area contributed by atoms with Crippen molar-refractivity contribution in [3.8, 4) is 6.07 Å². The van der Waals surface area contributed by atoms with Gasteiger partial charge in [-0.05, 0) is 43.9 Å². The van der Waals surface area contributed by atoms with Crippen molar-refractivity contribution < 1.29 is 0 Å². The molecule has 0 amide bonds. The molecule has 0 aliphatic rings. The van der Waals surface area contributed by atoms with Crippen molar-refractivity contribution in [3.05, 3.63) is 34.9 Å². The lowest BCUT2D eigenvalue weighted by molar-refractivity contribution is 0.417. The zero-order valence-corrected chi connectivity index (χ0v) is 11.7. The second kappa shape index (κ2) is 4.54. The molecule has 0 fully saturated rings. The Morgan fingerprint density at radius 1 is 1.35 bits per heavy atom. The summed E-state index contributed by atoms with van der Waals surface area (Å²) in [7, 11) is 0. The molecule has 2 aromatic rings. The number of fused-ring (bicyclic) bond motifs is 1. The molecule has 0 N–H and O–H groups in total. The monoisotopic (exact) mass is 290 g/mol. The highest BCUT2D eigenvalue weighted by Gasteiger charge is 2.16. The van der Waals surface area contributed by atoms with Gasteiger partial charge in [0.2, 0.25) is 0 Å². The average Bonchev–Trinajstić information content (AvgIpc) is 2.69. The molecule has 0 saturated carbocycles. The van der Waals surface area contributed by atoms with Crippen LogP contribution in [0.25, 0.3) is 10.9 Å². The van der Waals surface area contributed by atoms with E-state index in [1.54, 1.807) is 0 Å². The third-order valence-corrected chi connectivity index (χ3v) is 3.51. The third-order valence-electron chi connectivity index (χ3n) is 3.02. The van der Waals surface area contributed by atoms with Crippen LogP contribution in [0.1, 0.15) is 20.3 Å². The van der Waals surface area contributed by atoms with Crippen LogP contribution in [0.2, 0.25) is 0 Å². The summed E-state index contributed by atoms with van der Waals surface area (Å²) in [5.41, 5.74) is 0.955. The summed E-state index contributed by atoms with van der Waals surface area (Å²) in [6, 6.07) is 10.7. The molecular weight excluding hydrogens is 276 g/mol. The van der Waals surface area contributed by atoms with Crippen LogP contribution >= 0.6 is 15.9 Å². The van der Waals surface area contributed by atoms with Crippen LogP contribution in [0.5, 0.6) is 0 Å². The Morgan fingerprint density at radius 3 is 2.82 bits per heavy atom. The number of hydrogen-bond donors (Lipinski definition) is 0. The number of benzene rings is 1. The first-order chi connectivity index (χ1) is 8.02. The summed E-state index contributed by atoms with van der Waals surface area (Å²) >= 11 is 3.49. The Hall–Kier alpha value is -1.27. The van der Waals surface area contributed by atoms with Crippen molar-refractivity contribution in [1.29, 1.82) is 5.26 Å². The van der Waals surface area contributed by atoms with Crippen molar-refractivity contribution in [2.45, 2.75) is 26.8 Å². The Labute approximate surface area is 110 Å². The van der Waals surface area contributed by atoms with Crippen molar-refractivity contribution in [2.24, 2.45) is 5.41 Å². The van der Waals surface area contributed by atoms with E-state index in [1.807, 2.05) is 19.9 Å². The highest BCUT2D eigenvalue weighted by atomic mass is 79.9. The second-order valence-corrected chi connectivity index (χ2v) is 5.87. The zero-order chi connectivity index (χ0) is 12.5. The molecule has 1 aromatic heterocycles. The maximum atomic E-state index is 9.01. The molecule has 1 heterocycles. The smallest absolute Gasteiger partial charge is 0.0684 e. The van der Waals surface area contributed by atoms with Gasteiger partial charge in [-0.2, -0.15) is 5.26 Å². The van der Waals surface area contributed by atoms with Gasteiger partial charge in [-0.15, -0.1) is 0 Å². The highest BCUT2D eigenvalue weighted by Crippen LogP contribution is 2.24. The summed E-state index contributed by atoms with van der Waals surface area (Å²) in [6.07, 6.45) is 2.95. The van der Waals surface area contributed by atoms with E-state index >= 15 is 0 Å². The molecule has 3 heteroatoms. The van der Waals surface area contributed by atoms with Gasteiger partial charge in [0.1, 0.15) is 0 Å². The summed E-state index contributed by atoms with van der Waals surface area (Å²) in [4.78, 5) is 0. The molecule has 2 nitrogen and oxygen atoms in total. The highest BCUT2D eigenvalue weighted by molar-refractivity contribution is 9.10. The van der Waals surface area contributed by atoms with Crippen LogP contribution in [-0.2, 0) is 6.54 Å². The zero-order valence-electron chi connectivity index (χ0n) is 10.1. The topological polar surface area (TPSA) is 28.7 Å². The predicted molar refractivity (Wildman–Crippen MR) is 73.6 cm³/mol. The van der Waals surface area contributed by atoms with E-state index in [-0.39, 0.29) is 5.41 Å². The fourth-order valence-electron chi connectivity index (χ4n) is 1.81. The van der Waals surface area contributed by atoms with E-state index in [4.69, 9.17) is 5.26 Å². The molecule has 2 rings (SSSR count). The number of aryl methyl sites for hydroxylation is 1. The molecule has 17 heavy (non-hydrogen) atoms. The van der Waals surface area contributed by atoms with E-state index in [2.05, 4.69) is 51.0 Å². The van der Waals surface area contributed by atoms with Crippen molar-refractivity contribution in [1.82, 2.24) is 4.57 Å². The molecule has 1 aromatic carbocycles. The van der Waals surface area contributed by atoms with Gasteiger partial charge in [0.05, 0.1) is 11.5 Å². The predicted octanol–water partition coefficient (Wildman–Crippen LogP) is 4.34. The number of hydrogen-bond acceptors (Lipinski definition) is 1. The summed E-state index contributed by atoms with van der Waals surface area (Å²) in [6.45, 7) is 4.84. The summed E-state index contributed by atoms with van der Waals surface area (Å²) in [5, 5.41) is 10.3. The SMILES string of the molecule is CC(C)(C#N)CCn1ccc2ccc(Br)cc21. The first kappa shape index (κ1) is 12.2. The first-order valence-electron chi connectivity index (χ1n) is 5.67. The Morgan fingerprint density at radius 2 is 2.12 bits per heavy atom. The molecule has 88 valence electrons. The van der Waals surface area contributed by atoms with Gasteiger partial charge < -0.3 is 4.57 Å². The van der Waals surface area contributed by atoms with Gasteiger partial charge >= 0.3 is 0 Å². The van der Waals surface area contributed by atoms with Gasteiger partial charge in [-0.1, -0.05) is 22.0 Å². The van der Waals surface area contributed by atoms with Crippen LogP contribution in [0, 0.1) is 16.7 Å². The molecule has 0 atom stereocenters. The first-order valence-corrected chi connectivity index (χ1v) is 6.47. The lowest BCUT2D eigenvalue weighted by atomic mass is 9.91. The molecule has 0 bridgehead atoms. The Bertz CT molecular complexity index is 575. The molecule has 0 spiro atoms. The van der Waals surface area contributed by atoms with Gasteiger partial charge in [0, 0.05) is 22.7 Å². The van der Waals surface area contributed by atoms with E-state index < -0.39 is 0 Å². The summed E-state index contributed by atoms with van der Waals surface area (Å²) < 4.78 is 3.30. The quantitative estimate of drug-likeness (QED) is 0.826. The Kier molecular flexibility index (Phi) is 3.26. The van der Waals surface area contributed by atoms with Crippen molar-refractivity contribution in [2.75, 3.05) is 0 Å². The number of nitriles is 1. The van der Waals surface area contributed by atoms with E-state index in [0.717, 1.165) is 17.4 Å². The van der Waals surface area contributed by atoms with Crippen LogP contribution in [0.3, 0.4) is 0 Å². The maximum Gasteiger partial charge on any atom is 0.0684 e. The molecule has 0 aliphatic carbocycles. The molecular formula is C14H15BrN2. The number of aromatic nitrogens is 1. The lowest BCUT2D eigenvalue weighted by Gasteiger charge is -2.15. The second-order valence-electron chi connectivity index (χ2n) is 4.96. The Balaban J connectivity index is 2.25. The minimum Gasteiger partial charge on any atom is -0.347 e. The minimum absolute atomic E-state index is 0.261. The van der Waals surface area contributed by atoms with E-state index in [0.29, 0.717) is 0 Å². The largest absolute Gasteiger partial charge is 0.347 e. The third kappa shape index (κ3) is 2.70. The van der Waals surface area contributed by atoms with Gasteiger partial charge in [0.15, 0.2) is 0 Å². The number of nitrogens with zero attached hydrogens (tertiary/aromatic N) is 2. The van der Waals surface area contributed by atoms with Crippen LogP contribution in [-0.4, -0.2) is 4.57 Å². The number of halogens is 1. The normalized spacial score (nSPS) is 11.6. The molecule has 0 saturated heterocycles.